The Hall–Kier alpha value is -1.14. The molecule has 0 saturated carbocycles. The van der Waals surface area contributed by atoms with Crippen molar-refractivity contribution in [3.8, 4) is 0 Å². The van der Waals surface area contributed by atoms with E-state index >= 15 is 0 Å². The van der Waals surface area contributed by atoms with Crippen molar-refractivity contribution < 1.29 is 9.47 Å². The lowest BCUT2D eigenvalue weighted by atomic mass is 9.96. The maximum atomic E-state index is 5.71. The third-order valence-corrected chi connectivity index (χ3v) is 4.66. The fraction of sp³-hybridized carbons (Fsp3) is 0.867. The molecule has 0 bridgehead atoms. The summed E-state index contributed by atoms with van der Waals surface area (Å²) in [5.74, 6) is 2.68. The Labute approximate surface area is 126 Å². The van der Waals surface area contributed by atoms with Gasteiger partial charge in [-0.2, -0.15) is 0 Å². The van der Waals surface area contributed by atoms with E-state index in [0.29, 0.717) is 0 Å². The standard InChI is InChI=1S/C15H26N4O2/c1-18(8-5-12-6-10-20-11-7-12)15-17-16-14(19(15)2)13-4-3-9-21-13/h12-13H,3-11H2,1-2H3/t13-/m1/s1. The van der Waals surface area contributed by atoms with Gasteiger partial charge in [0.15, 0.2) is 5.82 Å². The van der Waals surface area contributed by atoms with Crippen LogP contribution in [0, 0.1) is 5.92 Å². The zero-order valence-electron chi connectivity index (χ0n) is 13.1. The Bertz CT molecular complexity index is 451. The summed E-state index contributed by atoms with van der Waals surface area (Å²) in [6.45, 7) is 3.69. The highest BCUT2D eigenvalue weighted by Gasteiger charge is 2.25. The fourth-order valence-electron chi connectivity index (χ4n) is 3.24. The second-order valence-corrected chi connectivity index (χ2v) is 6.18. The molecule has 0 amide bonds. The van der Waals surface area contributed by atoms with Gasteiger partial charge in [0, 0.05) is 40.5 Å². The molecule has 1 aromatic heterocycles. The van der Waals surface area contributed by atoms with Gasteiger partial charge >= 0.3 is 0 Å². The smallest absolute Gasteiger partial charge is 0.226 e. The van der Waals surface area contributed by atoms with Gasteiger partial charge in [0.25, 0.3) is 0 Å². The molecule has 0 aromatic carbocycles. The zero-order chi connectivity index (χ0) is 14.7. The summed E-state index contributed by atoms with van der Waals surface area (Å²) >= 11 is 0. The van der Waals surface area contributed by atoms with Crippen molar-refractivity contribution in [3.63, 3.8) is 0 Å². The molecule has 3 rings (SSSR count). The molecule has 0 N–H and O–H groups in total. The number of aromatic nitrogens is 3. The van der Waals surface area contributed by atoms with Crippen molar-refractivity contribution in [2.75, 3.05) is 38.3 Å². The van der Waals surface area contributed by atoms with E-state index in [-0.39, 0.29) is 6.10 Å². The average Bonchev–Trinajstić information content (AvgIpc) is 3.15. The van der Waals surface area contributed by atoms with E-state index in [0.717, 1.165) is 56.9 Å². The van der Waals surface area contributed by atoms with Crippen LogP contribution in [-0.4, -0.2) is 48.2 Å². The molecule has 2 aliphatic rings. The summed E-state index contributed by atoms with van der Waals surface area (Å²) in [7, 11) is 4.14. The summed E-state index contributed by atoms with van der Waals surface area (Å²) in [5, 5.41) is 8.70. The maximum absolute atomic E-state index is 5.71. The van der Waals surface area contributed by atoms with Gasteiger partial charge in [-0.15, -0.1) is 10.2 Å². The van der Waals surface area contributed by atoms with Crippen LogP contribution in [0.15, 0.2) is 0 Å². The summed E-state index contributed by atoms with van der Waals surface area (Å²) in [4.78, 5) is 2.21. The fourth-order valence-corrected chi connectivity index (χ4v) is 3.24. The lowest BCUT2D eigenvalue weighted by molar-refractivity contribution is 0.0645. The molecule has 0 spiro atoms. The molecular weight excluding hydrogens is 268 g/mol. The first-order valence-electron chi connectivity index (χ1n) is 8.05. The highest BCUT2D eigenvalue weighted by molar-refractivity contribution is 5.29. The van der Waals surface area contributed by atoms with Crippen LogP contribution in [0.5, 0.6) is 0 Å². The molecule has 1 aromatic rings. The van der Waals surface area contributed by atoms with Crippen molar-refractivity contribution in [2.45, 2.75) is 38.2 Å². The highest BCUT2D eigenvalue weighted by atomic mass is 16.5. The van der Waals surface area contributed by atoms with E-state index in [4.69, 9.17) is 9.47 Å². The van der Waals surface area contributed by atoms with Crippen molar-refractivity contribution in [3.05, 3.63) is 5.82 Å². The van der Waals surface area contributed by atoms with E-state index in [1.54, 1.807) is 0 Å². The Morgan fingerprint density at radius 3 is 2.71 bits per heavy atom. The minimum absolute atomic E-state index is 0.125. The van der Waals surface area contributed by atoms with Gasteiger partial charge in [0.05, 0.1) is 0 Å². The third-order valence-electron chi connectivity index (χ3n) is 4.66. The molecule has 2 fully saturated rings. The van der Waals surface area contributed by atoms with Gasteiger partial charge in [-0.1, -0.05) is 0 Å². The SMILES string of the molecule is CN(CCC1CCOCC1)c1nnc([C@H]2CCCO2)n1C. The first kappa shape index (κ1) is 14.8. The number of ether oxygens (including phenoxy) is 2. The summed E-state index contributed by atoms with van der Waals surface area (Å²) in [5.41, 5.74) is 0. The van der Waals surface area contributed by atoms with Gasteiger partial charge in [-0.05, 0) is 38.0 Å². The predicted molar refractivity (Wildman–Crippen MR) is 80.4 cm³/mol. The second-order valence-electron chi connectivity index (χ2n) is 6.18. The predicted octanol–water partition coefficient (Wildman–Crippen LogP) is 1.92. The van der Waals surface area contributed by atoms with Crippen LogP contribution in [0.2, 0.25) is 0 Å². The molecule has 0 aliphatic carbocycles. The van der Waals surface area contributed by atoms with Crippen LogP contribution in [0.4, 0.5) is 5.95 Å². The molecule has 3 heterocycles. The summed E-state index contributed by atoms with van der Waals surface area (Å²) < 4.78 is 13.2. The Kier molecular flexibility index (Phi) is 4.75. The lowest BCUT2D eigenvalue weighted by Gasteiger charge is -2.25. The molecule has 1 atom stereocenters. The van der Waals surface area contributed by atoms with Gasteiger partial charge in [-0.3, -0.25) is 4.57 Å². The Morgan fingerprint density at radius 2 is 2.00 bits per heavy atom. The van der Waals surface area contributed by atoms with Gasteiger partial charge in [0.2, 0.25) is 5.95 Å². The van der Waals surface area contributed by atoms with Gasteiger partial charge in [0.1, 0.15) is 6.10 Å². The number of hydrogen-bond donors (Lipinski definition) is 0. The Morgan fingerprint density at radius 1 is 1.19 bits per heavy atom. The normalized spacial score (nSPS) is 23.6. The Balaban J connectivity index is 1.57. The van der Waals surface area contributed by atoms with E-state index in [2.05, 4.69) is 26.7 Å². The van der Waals surface area contributed by atoms with E-state index < -0.39 is 0 Å². The number of nitrogens with zero attached hydrogens (tertiary/aromatic N) is 4. The minimum Gasteiger partial charge on any atom is -0.381 e. The molecule has 0 radical (unpaired) electrons. The molecule has 118 valence electrons. The van der Waals surface area contributed by atoms with E-state index in [1.807, 2.05) is 7.05 Å². The summed E-state index contributed by atoms with van der Waals surface area (Å²) in [6, 6.07) is 0. The number of anilines is 1. The molecule has 21 heavy (non-hydrogen) atoms. The molecule has 2 aliphatic heterocycles. The molecular formula is C15H26N4O2. The highest BCUT2D eigenvalue weighted by Crippen LogP contribution is 2.28. The largest absolute Gasteiger partial charge is 0.381 e. The quantitative estimate of drug-likeness (QED) is 0.830. The van der Waals surface area contributed by atoms with Crippen LogP contribution in [0.25, 0.3) is 0 Å². The third kappa shape index (κ3) is 3.37. The van der Waals surface area contributed by atoms with Crippen LogP contribution >= 0.6 is 0 Å². The van der Waals surface area contributed by atoms with Crippen LogP contribution in [0.1, 0.15) is 44.0 Å². The van der Waals surface area contributed by atoms with Crippen LogP contribution < -0.4 is 4.90 Å². The molecule has 6 heteroatoms. The minimum atomic E-state index is 0.125. The van der Waals surface area contributed by atoms with Crippen molar-refractivity contribution in [1.29, 1.82) is 0 Å². The molecule has 0 unspecified atom stereocenters. The maximum Gasteiger partial charge on any atom is 0.226 e. The van der Waals surface area contributed by atoms with Crippen LogP contribution in [-0.2, 0) is 16.5 Å². The lowest BCUT2D eigenvalue weighted by Crippen LogP contribution is -2.26. The number of rotatable bonds is 5. The topological polar surface area (TPSA) is 52.4 Å². The monoisotopic (exact) mass is 294 g/mol. The zero-order valence-corrected chi connectivity index (χ0v) is 13.1. The van der Waals surface area contributed by atoms with Gasteiger partial charge in [-0.25, -0.2) is 0 Å². The molecule has 6 nitrogen and oxygen atoms in total. The average molecular weight is 294 g/mol. The van der Waals surface area contributed by atoms with Crippen molar-refractivity contribution >= 4 is 5.95 Å². The summed E-state index contributed by atoms with van der Waals surface area (Å²) in [6.07, 6.45) is 5.87. The first-order valence-corrected chi connectivity index (χ1v) is 8.05. The number of hydrogen-bond acceptors (Lipinski definition) is 5. The second kappa shape index (κ2) is 6.75. The molecule has 2 saturated heterocycles. The van der Waals surface area contributed by atoms with Crippen molar-refractivity contribution in [2.24, 2.45) is 13.0 Å². The van der Waals surface area contributed by atoms with E-state index in [9.17, 15) is 0 Å². The van der Waals surface area contributed by atoms with E-state index in [1.165, 1.54) is 19.3 Å². The van der Waals surface area contributed by atoms with Gasteiger partial charge < -0.3 is 14.4 Å². The van der Waals surface area contributed by atoms with Crippen LogP contribution in [0.3, 0.4) is 0 Å². The first-order chi connectivity index (χ1) is 10.3. The van der Waals surface area contributed by atoms with Crippen molar-refractivity contribution in [1.82, 2.24) is 14.8 Å².